The number of rotatable bonds is 3. The van der Waals surface area contributed by atoms with Gasteiger partial charge in [-0.15, -0.1) is 0 Å². The van der Waals surface area contributed by atoms with Crippen LogP contribution in [-0.2, 0) is 4.74 Å². The van der Waals surface area contributed by atoms with E-state index in [1.165, 1.54) is 3.57 Å². The Morgan fingerprint density at radius 3 is 2.40 bits per heavy atom. The molecule has 0 N–H and O–H groups in total. The van der Waals surface area contributed by atoms with E-state index < -0.39 is 5.60 Å². The number of carbonyl (C=O) groups excluding carboxylic acids is 1. The first-order chi connectivity index (χ1) is 14.3. The number of piperidine rings is 1. The van der Waals surface area contributed by atoms with Crippen LogP contribution in [0.5, 0.6) is 5.75 Å². The van der Waals surface area contributed by atoms with E-state index in [1.54, 1.807) is 4.90 Å². The summed E-state index contributed by atoms with van der Waals surface area (Å²) >= 11 is 2.32. The molecule has 3 aromatic rings. The van der Waals surface area contributed by atoms with Crippen molar-refractivity contribution >= 4 is 39.6 Å². The lowest BCUT2D eigenvalue weighted by Crippen LogP contribution is -2.44. The van der Waals surface area contributed by atoms with Crippen molar-refractivity contribution in [2.45, 2.75) is 45.3 Å². The Bertz CT molecular complexity index is 1030. The number of fused-ring (bicyclic) bond motifs is 1. The van der Waals surface area contributed by atoms with Crippen LogP contribution in [0.2, 0.25) is 0 Å². The van der Waals surface area contributed by atoms with Gasteiger partial charge in [-0.1, -0.05) is 6.07 Å². The Morgan fingerprint density at radius 1 is 1.03 bits per heavy atom. The number of carbonyl (C=O) groups is 1. The first kappa shape index (κ1) is 21.0. The number of hydrogen-bond donors (Lipinski definition) is 0. The first-order valence-corrected chi connectivity index (χ1v) is 11.4. The van der Waals surface area contributed by atoms with Gasteiger partial charge in [0.05, 0.1) is 5.52 Å². The molecule has 1 amide bonds. The molecule has 0 radical (unpaired) electrons. The van der Waals surface area contributed by atoms with Crippen LogP contribution >= 0.6 is 22.6 Å². The molecule has 6 heteroatoms. The van der Waals surface area contributed by atoms with Crippen LogP contribution in [0.4, 0.5) is 4.79 Å². The molecule has 0 atom stereocenters. The van der Waals surface area contributed by atoms with Gasteiger partial charge in [-0.2, -0.15) is 0 Å². The van der Waals surface area contributed by atoms with Crippen molar-refractivity contribution in [1.29, 1.82) is 0 Å². The van der Waals surface area contributed by atoms with E-state index in [0.717, 1.165) is 35.2 Å². The molecule has 158 valence electrons. The lowest BCUT2D eigenvalue weighted by Gasteiger charge is -2.33. The van der Waals surface area contributed by atoms with Crippen molar-refractivity contribution in [3.63, 3.8) is 0 Å². The van der Waals surface area contributed by atoms with Gasteiger partial charge >= 0.3 is 6.09 Å². The highest BCUT2D eigenvalue weighted by Gasteiger charge is 2.28. The molecule has 0 spiro atoms. The molecule has 0 aliphatic carbocycles. The SMILES string of the molecule is CC(C)(C)OC(=O)N1CCC(Oc2cccc3c2ccn3-c2ccc(I)cc2)CC1. The lowest BCUT2D eigenvalue weighted by molar-refractivity contribution is 0.0128. The summed E-state index contributed by atoms with van der Waals surface area (Å²) in [5.41, 5.74) is 1.79. The summed E-state index contributed by atoms with van der Waals surface area (Å²) in [5, 5.41) is 1.10. The predicted molar refractivity (Wildman–Crippen MR) is 127 cm³/mol. The molecule has 1 fully saturated rings. The summed E-state index contributed by atoms with van der Waals surface area (Å²) in [7, 11) is 0. The zero-order chi connectivity index (χ0) is 21.3. The molecule has 1 aliphatic rings. The molecule has 0 saturated carbocycles. The molecule has 2 aromatic carbocycles. The van der Waals surface area contributed by atoms with Gasteiger partial charge in [0.25, 0.3) is 0 Å². The van der Waals surface area contributed by atoms with Crippen LogP contribution in [0, 0.1) is 3.57 Å². The van der Waals surface area contributed by atoms with Crippen LogP contribution in [0.1, 0.15) is 33.6 Å². The minimum absolute atomic E-state index is 0.0935. The van der Waals surface area contributed by atoms with Crippen LogP contribution < -0.4 is 4.74 Å². The second-order valence-electron chi connectivity index (χ2n) is 8.64. The average molecular weight is 518 g/mol. The summed E-state index contributed by atoms with van der Waals surface area (Å²) in [5.74, 6) is 0.896. The summed E-state index contributed by atoms with van der Waals surface area (Å²) in [6.45, 7) is 6.98. The Labute approximate surface area is 191 Å². The zero-order valence-electron chi connectivity index (χ0n) is 17.6. The van der Waals surface area contributed by atoms with Crippen molar-refractivity contribution in [1.82, 2.24) is 9.47 Å². The third-order valence-corrected chi connectivity index (χ3v) is 5.90. The zero-order valence-corrected chi connectivity index (χ0v) is 19.8. The van der Waals surface area contributed by atoms with Gasteiger partial charge < -0.3 is 18.9 Å². The van der Waals surface area contributed by atoms with Gasteiger partial charge in [0.1, 0.15) is 17.5 Å². The van der Waals surface area contributed by atoms with Gasteiger partial charge in [0.2, 0.25) is 0 Å². The van der Waals surface area contributed by atoms with Crippen molar-refractivity contribution in [3.05, 3.63) is 58.3 Å². The summed E-state index contributed by atoms with van der Waals surface area (Å²) < 4.78 is 15.3. The van der Waals surface area contributed by atoms with Crippen LogP contribution in [-0.4, -0.2) is 40.4 Å². The average Bonchev–Trinajstić information content (AvgIpc) is 3.13. The standard InChI is InChI=1S/C24H27IN2O3/c1-24(2,3)30-23(28)26-14-11-19(12-15-26)29-22-6-4-5-21-20(22)13-16-27(21)18-9-7-17(25)8-10-18/h4-10,13,16,19H,11-12,14-15H2,1-3H3. The molecule has 1 saturated heterocycles. The third-order valence-electron chi connectivity index (χ3n) is 5.19. The molecule has 2 heterocycles. The molecule has 30 heavy (non-hydrogen) atoms. The molecule has 0 unspecified atom stereocenters. The largest absolute Gasteiger partial charge is 0.490 e. The molecule has 5 nitrogen and oxygen atoms in total. The maximum atomic E-state index is 12.3. The third kappa shape index (κ3) is 4.74. The Kier molecular flexibility index (Phi) is 5.95. The van der Waals surface area contributed by atoms with E-state index in [-0.39, 0.29) is 12.2 Å². The number of benzene rings is 2. The molecular weight excluding hydrogens is 491 g/mol. The van der Waals surface area contributed by atoms with Crippen LogP contribution in [0.15, 0.2) is 54.7 Å². The molecule has 1 aromatic heterocycles. The summed E-state index contributed by atoms with van der Waals surface area (Å²) in [4.78, 5) is 14.0. The molecule has 4 rings (SSSR count). The highest BCUT2D eigenvalue weighted by molar-refractivity contribution is 14.1. The fourth-order valence-corrected chi connectivity index (χ4v) is 4.09. The van der Waals surface area contributed by atoms with Crippen molar-refractivity contribution in [2.75, 3.05) is 13.1 Å². The van der Waals surface area contributed by atoms with E-state index in [2.05, 4.69) is 69.8 Å². The Morgan fingerprint density at radius 2 is 1.73 bits per heavy atom. The number of ether oxygens (including phenoxy) is 2. The minimum atomic E-state index is -0.468. The van der Waals surface area contributed by atoms with E-state index in [0.29, 0.717) is 13.1 Å². The van der Waals surface area contributed by atoms with Gasteiger partial charge in [-0.05, 0) is 85.8 Å². The second-order valence-corrected chi connectivity index (χ2v) is 9.88. The second kappa shape index (κ2) is 8.49. The summed E-state index contributed by atoms with van der Waals surface area (Å²) in [6, 6.07) is 16.8. The van der Waals surface area contributed by atoms with Crippen molar-refractivity contribution in [2.24, 2.45) is 0 Å². The number of halogens is 1. The van der Waals surface area contributed by atoms with E-state index in [4.69, 9.17) is 9.47 Å². The smallest absolute Gasteiger partial charge is 0.410 e. The van der Waals surface area contributed by atoms with Gasteiger partial charge in [0.15, 0.2) is 0 Å². The Balaban J connectivity index is 1.45. The predicted octanol–water partition coefficient (Wildman–Crippen LogP) is 6.01. The van der Waals surface area contributed by atoms with Crippen LogP contribution in [0.3, 0.4) is 0 Å². The lowest BCUT2D eigenvalue weighted by atomic mass is 10.1. The first-order valence-electron chi connectivity index (χ1n) is 10.3. The monoisotopic (exact) mass is 518 g/mol. The highest BCUT2D eigenvalue weighted by Crippen LogP contribution is 2.31. The van der Waals surface area contributed by atoms with Gasteiger partial charge in [-0.3, -0.25) is 0 Å². The number of hydrogen-bond acceptors (Lipinski definition) is 3. The van der Waals surface area contributed by atoms with Crippen molar-refractivity contribution in [3.8, 4) is 11.4 Å². The highest BCUT2D eigenvalue weighted by atomic mass is 127. The van der Waals surface area contributed by atoms with E-state index in [9.17, 15) is 4.79 Å². The molecule has 1 aliphatic heterocycles. The van der Waals surface area contributed by atoms with Crippen LogP contribution in [0.25, 0.3) is 16.6 Å². The topological polar surface area (TPSA) is 43.7 Å². The maximum Gasteiger partial charge on any atom is 0.410 e. The van der Waals surface area contributed by atoms with Gasteiger partial charge in [-0.25, -0.2) is 4.79 Å². The summed E-state index contributed by atoms with van der Waals surface area (Å²) in [6.07, 6.45) is 3.54. The van der Waals surface area contributed by atoms with Gasteiger partial charge in [0, 0.05) is 46.8 Å². The molecular formula is C24H27IN2O3. The Hall–Kier alpha value is -2.22. The van der Waals surface area contributed by atoms with E-state index in [1.807, 2.05) is 32.9 Å². The normalized spacial score (nSPS) is 15.4. The quantitative estimate of drug-likeness (QED) is 0.399. The molecule has 0 bridgehead atoms. The maximum absolute atomic E-state index is 12.3. The number of likely N-dealkylation sites (tertiary alicyclic amines) is 1. The number of aromatic nitrogens is 1. The van der Waals surface area contributed by atoms with Crippen molar-refractivity contribution < 1.29 is 14.3 Å². The fraction of sp³-hybridized carbons (Fsp3) is 0.375. The number of amides is 1. The van der Waals surface area contributed by atoms with E-state index >= 15 is 0 Å². The fourth-order valence-electron chi connectivity index (χ4n) is 3.73. The number of nitrogens with zero attached hydrogens (tertiary/aromatic N) is 2. The minimum Gasteiger partial charge on any atom is -0.490 e.